The van der Waals surface area contributed by atoms with Gasteiger partial charge in [-0.15, -0.1) is 0 Å². The molecule has 0 aromatic carbocycles. The Balaban J connectivity index is 1.58. The topological polar surface area (TPSA) is 62.5 Å². The van der Waals surface area contributed by atoms with E-state index < -0.39 is 0 Å². The zero-order chi connectivity index (χ0) is 16.7. The molecule has 0 bridgehead atoms. The van der Waals surface area contributed by atoms with Crippen molar-refractivity contribution in [3.63, 3.8) is 0 Å². The van der Waals surface area contributed by atoms with Crippen molar-refractivity contribution in [3.05, 3.63) is 47.7 Å². The molecule has 0 atom stereocenters. The number of hydrogen-bond acceptors (Lipinski definition) is 4. The Hall–Kier alpha value is -2.60. The molecule has 4 rings (SSSR count). The highest BCUT2D eigenvalue weighted by atomic mass is 35.5. The van der Waals surface area contributed by atoms with Crippen LogP contribution in [0.3, 0.4) is 0 Å². The molecular weight excluding hydrogens is 326 g/mol. The Labute approximate surface area is 144 Å². The van der Waals surface area contributed by atoms with Crippen molar-refractivity contribution in [3.8, 4) is 11.4 Å². The Morgan fingerprint density at radius 3 is 2.92 bits per heavy atom. The summed E-state index contributed by atoms with van der Waals surface area (Å²) in [4.78, 5) is 22.1. The zero-order valence-corrected chi connectivity index (χ0v) is 13.9. The van der Waals surface area contributed by atoms with E-state index in [2.05, 4.69) is 15.3 Å². The van der Waals surface area contributed by atoms with E-state index in [1.54, 1.807) is 18.0 Å². The number of fused-ring (bicyclic) bond motifs is 1. The average Bonchev–Trinajstić information content (AvgIpc) is 2.93. The quantitative estimate of drug-likeness (QED) is 0.795. The molecule has 3 aromatic heterocycles. The highest BCUT2D eigenvalue weighted by molar-refractivity contribution is 6.30. The minimum atomic E-state index is 0.109. The summed E-state index contributed by atoms with van der Waals surface area (Å²) >= 11 is 6.09. The van der Waals surface area contributed by atoms with E-state index in [1.165, 1.54) is 0 Å². The fourth-order valence-electron chi connectivity index (χ4n) is 2.84. The van der Waals surface area contributed by atoms with Crippen molar-refractivity contribution in [2.75, 3.05) is 18.4 Å². The first kappa shape index (κ1) is 15.0. The lowest BCUT2D eigenvalue weighted by Gasteiger charge is -2.39. The van der Waals surface area contributed by atoms with Crippen LogP contribution in [-0.4, -0.2) is 44.3 Å². The third kappa shape index (κ3) is 2.69. The van der Waals surface area contributed by atoms with Crippen LogP contribution in [0.4, 0.5) is 5.82 Å². The van der Waals surface area contributed by atoms with Crippen LogP contribution in [-0.2, 0) is 4.79 Å². The first-order valence-corrected chi connectivity index (χ1v) is 8.10. The maximum Gasteiger partial charge on any atom is 0.219 e. The second kappa shape index (κ2) is 5.79. The van der Waals surface area contributed by atoms with E-state index in [4.69, 9.17) is 11.6 Å². The minimum Gasteiger partial charge on any atom is -0.364 e. The van der Waals surface area contributed by atoms with Crippen LogP contribution in [0.15, 0.2) is 42.7 Å². The molecule has 24 heavy (non-hydrogen) atoms. The SMILES string of the molecule is CC(=O)N1CC(Nc2cccc(-c3cnc4ccc(Cl)cn34)n2)C1. The average molecular weight is 342 g/mol. The molecule has 122 valence electrons. The Bertz CT molecular complexity index is 916. The first-order chi connectivity index (χ1) is 11.6. The van der Waals surface area contributed by atoms with Gasteiger partial charge in [-0.3, -0.25) is 9.20 Å². The summed E-state index contributed by atoms with van der Waals surface area (Å²) in [7, 11) is 0. The number of halogens is 1. The molecule has 3 aromatic rings. The highest BCUT2D eigenvalue weighted by Gasteiger charge is 2.28. The van der Waals surface area contributed by atoms with Crippen LogP contribution in [0.2, 0.25) is 5.02 Å². The van der Waals surface area contributed by atoms with Gasteiger partial charge in [0.2, 0.25) is 5.91 Å². The third-order valence-corrected chi connectivity index (χ3v) is 4.38. The maximum absolute atomic E-state index is 11.2. The predicted molar refractivity (Wildman–Crippen MR) is 93.1 cm³/mol. The second-order valence-electron chi connectivity index (χ2n) is 5.89. The number of aromatic nitrogens is 3. The van der Waals surface area contributed by atoms with E-state index in [-0.39, 0.29) is 11.9 Å². The van der Waals surface area contributed by atoms with Crippen LogP contribution in [0.25, 0.3) is 17.0 Å². The summed E-state index contributed by atoms with van der Waals surface area (Å²) in [5, 5.41) is 4.01. The Morgan fingerprint density at radius 1 is 1.29 bits per heavy atom. The summed E-state index contributed by atoms with van der Waals surface area (Å²) in [5.41, 5.74) is 2.53. The molecule has 7 heteroatoms. The van der Waals surface area contributed by atoms with Gasteiger partial charge in [-0.2, -0.15) is 0 Å². The molecule has 1 N–H and O–H groups in total. The standard InChI is InChI=1S/C17H16ClN5O/c1-11(24)22-9-13(10-22)20-16-4-2-3-14(21-16)15-7-19-17-6-5-12(18)8-23(15)17/h2-8,13H,9-10H2,1H3,(H,20,21). The van der Waals surface area contributed by atoms with E-state index in [1.807, 2.05) is 40.9 Å². The number of carbonyl (C=O) groups excluding carboxylic acids is 1. The van der Waals surface area contributed by atoms with Gasteiger partial charge in [-0.05, 0) is 24.3 Å². The Morgan fingerprint density at radius 2 is 2.12 bits per heavy atom. The van der Waals surface area contributed by atoms with Gasteiger partial charge in [0.25, 0.3) is 0 Å². The molecule has 6 nitrogen and oxygen atoms in total. The smallest absolute Gasteiger partial charge is 0.219 e. The number of pyridine rings is 2. The monoisotopic (exact) mass is 341 g/mol. The number of amides is 1. The van der Waals surface area contributed by atoms with Crippen molar-refractivity contribution in [2.24, 2.45) is 0 Å². The van der Waals surface area contributed by atoms with Crippen LogP contribution >= 0.6 is 11.6 Å². The molecule has 4 heterocycles. The molecule has 0 unspecified atom stereocenters. The summed E-state index contributed by atoms with van der Waals surface area (Å²) in [6, 6.07) is 9.76. The fraction of sp³-hybridized carbons (Fsp3) is 0.235. The number of imidazole rings is 1. The van der Waals surface area contributed by atoms with E-state index in [0.29, 0.717) is 18.1 Å². The largest absolute Gasteiger partial charge is 0.364 e. The normalized spacial score (nSPS) is 14.7. The van der Waals surface area contributed by atoms with Gasteiger partial charge in [0.1, 0.15) is 11.5 Å². The van der Waals surface area contributed by atoms with Gasteiger partial charge < -0.3 is 10.2 Å². The summed E-state index contributed by atoms with van der Waals surface area (Å²) < 4.78 is 1.93. The van der Waals surface area contributed by atoms with Crippen molar-refractivity contribution in [1.82, 2.24) is 19.3 Å². The first-order valence-electron chi connectivity index (χ1n) is 7.72. The second-order valence-corrected chi connectivity index (χ2v) is 6.33. The van der Waals surface area contributed by atoms with Gasteiger partial charge in [0.15, 0.2) is 0 Å². The van der Waals surface area contributed by atoms with Crippen LogP contribution in [0, 0.1) is 0 Å². The van der Waals surface area contributed by atoms with E-state index in [9.17, 15) is 4.79 Å². The molecule has 0 spiro atoms. The van der Waals surface area contributed by atoms with Gasteiger partial charge in [0.05, 0.1) is 28.6 Å². The van der Waals surface area contributed by atoms with Crippen molar-refractivity contribution in [2.45, 2.75) is 13.0 Å². The molecule has 1 aliphatic heterocycles. The van der Waals surface area contributed by atoms with Crippen LogP contribution in [0.1, 0.15) is 6.92 Å². The molecule has 1 saturated heterocycles. The summed E-state index contributed by atoms with van der Waals surface area (Å²) in [6.45, 7) is 3.02. The van der Waals surface area contributed by atoms with E-state index >= 15 is 0 Å². The van der Waals surface area contributed by atoms with Crippen molar-refractivity contribution < 1.29 is 4.79 Å². The van der Waals surface area contributed by atoms with Crippen molar-refractivity contribution >= 4 is 29.0 Å². The lowest BCUT2D eigenvalue weighted by Crippen LogP contribution is -2.56. The Kier molecular flexibility index (Phi) is 3.61. The number of rotatable bonds is 3. The van der Waals surface area contributed by atoms with Gasteiger partial charge in [-0.25, -0.2) is 9.97 Å². The predicted octanol–water partition coefficient (Wildman–Crippen LogP) is 2.69. The molecular formula is C17H16ClN5O. The number of nitrogens with zero attached hydrogens (tertiary/aromatic N) is 4. The van der Waals surface area contributed by atoms with Crippen LogP contribution < -0.4 is 5.32 Å². The highest BCUT2D eigenvalue weighted by Crippen LogP contribution is 2.23. The van der Waals surface area contributed by atoms with Crippen LogP contribution in [0.5, 0.6) is 0 Å². The van der Waals surface area contributed by atoms with Gasteiger partial charge in [-0.1, -0.05) is 17.7 Å². The lowest BCUT2D eigenvalue weighted by molar-refractivity contribution is -0.132. The number of likely N-dealkylation sites (tertiary alicyclic amines) is 1. The minimum absolute atomic E-state index is 0.109. The number of carbonyl (C=O) groups is 1. The molecule has 0 radical (unpaired) electrons. The third-order valence-electron chi connectivity index (χ3n) is 4.16. The lowest BCUT2D eigenvalue weighted by atomic mass is 10.1. The van der Waals surface area contributed by atoms with E-state index in [0.717, 1.165) is 22.9 Å². The molecule has 1 aliphatic rings. The maximum atomic E-state index is 11.2. The summed E-state index contributed by atoms with van der Waals surface area (Å²) in [6.07, 6.45) is 3.62. The molecule has 0 aliphatic carbocycles. The molecule has 0 saturated carbocycles. The summed E-state index contributed by atoms with van der Waals surface area (Å²) in [5.74, 6) is 0.898. The number of anilines is 1. The van der Waals surface area contributed by atoms with Gasteiger partial charge in [0, 0.05) is 26.2 Å². The van der Waals surface area contributed by atoms with Crippen molar-refractivity contribution in [1.29, 1.82) is 0 Å². The molecule has 1 amide bonds. The molecule has 1 fully saturated rings. The fourth-order valence-corrected chi connectivity index (χ4v) is 3.00. The zero-order valence-electron chi connectivity index (χ0n) is 13.1. The number of hydrogen-bond donors (Lipinski definition) is 1. The van der Waals surface area contributed by atoms with Gasteiger partial charge >= 0.3 is 0 Å². The number of nitrogens with one attached hydrogen (secondary N) is 1.